The van der Waals surface area contributed by atoms with Gasteiger partial charge in [-0.15, -0.1) is 0 Å². The van der Waals surface area contributed by atoms with Crippen LogP contribution in [0.3, 0.4) is 0 Å². The molecular formula is C16H28O5. The van der Waals surface area contributed by atoms with Crippen LogP contribution >= 0.6 is 0 Å². The number of hydrogen-bond donors (Lipinski definition) is 0. The lowest BCUT2D eigenvalue weighted by atomic mass is 10.0. The summed E-state index contributed by atoms with van der Waals surface area (Å²) in [5, 5.41) is 0. The van der Waals surface area contributed by atoms with Gasteiger partial charge in [-0.3, -0.25) is 0 Å². The molecule has 21 heavy (non-hydrogen) atoms. The van der Waals surface area contributed by atoms with Crippen LogP contribution in [-0.4, -0.2) is 51.2 Å². The van der Waals surface area contributed by atoms with Crippen LogP contribution in [0.1, 0.15) is 51.4 Å². The molecule has 0 radical (unpaired) electrons. The predicted molar refractivity (Wildman–Crippen MR) is 77.0 cm³/mol. The van der Waals surface area contributed by atoms with E-state index in [0.717, 1.165) is 58.3 Å². The van der Waals surface area contributed by atoms with Crippen LogP contribution in [0.4, 0.5) is 0 Å². The first-order valence-corrected chi connectivity index (χ1v) is 8.47. The summed E-state index contributed by atoms with van der Waals surface area (Å²) in [7, 11) is 0. The number of hydrogen-bond acceptors (Lipinski definition) is 5. The van der Waals surface area contributed by atoms with Crippen LogP contribution in [0.25, 0.3) is 0 Å². The summed E-state index contributed by atoms with van der Waals surface area (Å²) in [5.74, 6) is 0. The van der Waals surface area contributed by atoms with E-state index in [1.807, 2.05) is 0 Å². The van der Waals surface area contributed by atoms with Crippen molar-refractivity contribution in [2.45, 2.75) is 69.5 Å². The minimum Gasteiger partial charge on any atom is -0.370 e. The first-order valence-electron chi connectivity index (χ1n) is 8.47. The fourth-order valence-electron chi connectivity index (χ4n) is 3.20. The maximum Gasteiger partial charge on any atom is 0.157 e. The molecule has 3 saturated heterocycles. The third-order valence-electron chi connectivity index (χ3n) is 4.53. The quantitative estimate of drug-likeness (QED) is 0.754. The van der Waals surface area contributed by atoms with Gasteiger partial charge in [-0.1, -0.05) is 0 Å². The van der Waals surface area contributed by atoms with Crippen molar-refractivity contribution in [3.05, 3.63) is 0 Å². The van der Waals surface area contributed by atoms with E-state index >= 15 is 0 Å². The van der Waals surface area contributed by atoms with E-state index in [0.29, 0.717) is 13.2 Å². The van der Waals surface area contributed by atoms with E-state index in [9.17, 15) is 0 Å². The van der Waals surface area contributed by atoms with Crippen LogP contribution in [0.2, 0.25) is 0 Å². The second-order valence-electron chi connectivity index (χ2n) is 6.35. The highest BCUT2D eigenvalue weighted by Gasteiger charge is 2.38. The Morgan fingerprint density at radius 2 is 1.38 bits per heavy atom. The highest BCUT2D eigenvalue weighted by Crippen LogP contribution is 2.29. The highest BCUT2D eigenvalue weighted by atomic mass is 16.7. The molecule has 0 amide bonds. The van der Waals surface area contributed by atoms with Gasteiger partial charge in [-0.05, 0) is 51.4 Å². The van der Waals surface area contributed by atoms with Crippen molar-refractivity contribution < 1.29 is 23.7 Å². The van der Waals surface area contributed by atoms with Crippen LogP contribution in [0, 0.1) is 0 Å². The second kappa shape index (κ2) is 7.88. The number of ether oxygens (including phenoxy) is 5. The Morgan fingerprint density at radius 1 is 0.762 bits per heavy atom. The van der Waals surface area contributed by atoms with E-state index in [4.69, 9.17) is 23.7 Å². The zero-order chi connectivity index (χ0) is 14.4. The third kappa shape index (κ3) is 4.63. The van der Waals surface area contributed by atoms with Crippen LogP contribution in [-0.2, 0) is 23.7 Å². The molecule has 0 unspecified atom stereocenters. The maximum absolute atomic E-state index is 5.96. The van der Waals surface area contributed by atoms with Crippen molar-refractivity contribution >= 4 is 0 Å². The monoisotopic (exact) mass is 300 g/mol. The summed E-state index contributed by atoms with van der Waals surface area (Å²) in [6.07, 6.45) is 8.57. The van der Waals surface area contributed by atoms with Crippen LogP contribution in [0.15, 0.2) is 0 Å². The summed E-state index contributed by atoms with van der Waals surface area (Å²) in [6.45, 7) is 3.54. The van der Waals surface area contributed by atoms with Crippen molar-refractivity contribution in [1.82, 2.24) is 0 Å². The SMILES string of the molecule is C1CC[C@@H](OCC2(CO[C@@H]3CCCCO3)CCCO2)OC1. The molecule has 0 aromatic rings. The normalized spacial score (nSPS) is 33.1. The summed E-state index contributed by atoms with van der Waals surface area (Å²) in [4.78, 5) is 0. The van der Waals surface area contributed by atoms with Gasteiger partial charge in [0, 0.05) is 19.8 Å². The van der Waals surface area contributed by atoms with Gasteiger partial charge in [-0.2, -0.15) is 0 Å². The zero-order valence-corrected chi connectivity index (χ0v) is 12.9. The predicted octanol–water partition coefficient (Wildman–Crippen LogP) is 2.62. The van der Waals surface area contributed by atoms with Gasteiger partial charge >= 0.3 is 0 Å². The smallest absolute Gasteiger partial charge is 0.157 e. The van der Waals surface area contributed by atoms with Crippen molar-refractivity contribution in [1.29, 1.82) is 0 Å². The molecular weight excluding hydrogens is 272 g/mol. The fourth-order valence-corrected chi connectivity index (χ4v) is 3.20. The second-order valence-corrected chi connectivity index (χ2v) is 6.35. The maximum atomic E-state index is 5.96. The van der Waals surface area contributed by atoms with Gasteiger partial charge in [0.2, 0.25) is 0 Å². The molecule has 5 heteroatoms. The van der Waals surface area contributed by atoms with Crippen LogP contribution in [0.5, 0.6) is 0 Å². The molecule has 0 N–H and O–H groups in total. The summed E-state index contributed by atoms with van der Waals surface area (Å²) >= 11 is 0. The molecule has 0 aromatic carbocycles. The van der Waals surface area contributed by atoms with Gasteiger partial charge in [0.25, 0.3) is 0 Å². The summed E-state index contributed by atoms with van der Waals surface area (Å²) in [5.41, 5.74) is -0.304. The minimum atomic E-state index is -0.304. The summed E-state index contributed by atoms with van der Waals surface area (Å²) < 4.78 is 29.1. The molecule has 122 valence electrons. The Balaban J connectivity index is 1.45. The van der Waals surface area contributed by atoms with Crippen molar-refractivity contribution in [2.75, 3.05) is 33.0 Å². The van der Waals surface area contributed by atoms with Crippen molar-refractivity contribution in [3.63, 3.8) is 0 Å². The Kier molecular flexibility index (Phi) is 5.89. The lowest BCUT2D eigenvalue weighted by Gasteiger charge is -2.33. The Morgan fingerprint density at radius 3 is 1.81 bits per heavy atom. The van der Waals surface area contributed by atoms with Gasteiger partial charge in [0.05, 0.1) is 13.2 Å². The average Bonchev–Trinajstić information content (AvgIpc) is 3.03. The molecule has 0 bridgehead atoms. The lowest BCUT2D eigenvalue weighted by Crippen LogP contribution is -2.43. The molecule has 5 nitrogen and oxygen atoms in total. The first kappa shape index (κ1) is 15.7. The average molecular weight is 300 g/mol. The molecule has 2 atom stereocenters. The lowest BCUT2D eigenvalue weighted by molar-refractivity contribution is -0.226. The van der Waals surface area contributed by atoms with Gasteiger partial charge in [0.1, 0.15) is 5.60 Å². The van der Waals surface area contributed by atoms with Gasteiger partial charge in [0.15, 0.2) is 12.6 Å². The molecule has 0 saturated carbocycles. The van der Waals surface area contributed by atoms with E-state index < -0.39 is 0 Å². The molecule has 3 heterocycles. The largest absolute Gasteiger partial charge is 0.370 e. The standard InChI is InChI=1S/C16H28O5/c1-3-9-17-14(6-1)19-12-16(8-5-11-21-16)13-20-15-7-2-4-10-18-15/h14-15H,1-13H2/t14-,15-/m1/s1. The topological polar surface area (TPSA) is 46.2 Å². The first-order chi connectivity index (χ1) is 10.4. The van der Waals surface area contributed by atoms with E-state index in [-0.39, 0.29) is 18.2 Å². The molecule has 3 aliphatic heterocycles. The Bertz CT molecular complexity index is 267. The molecule has 0 spiro atoms. The van der Waals surface area contributed by atoms with Gasteiger partial charge < -0.3 is 23.7 Å². The zero-order valence-electron chi connectivity index (χ0n) is 12.9. The minimum absolute atomic E-state index is 0.0641. The third-order valence-corrected chi connectivity index (χ3v) is 4.53. The molecule has 0 aliphatic carbocycles. The number of rotatable bonds is 6. The van der Waals surface area contributed by atoms with E-state index in [1.165, 1.54) is 12.8 Å². The Labute approximate surface area is 127 Å². The Hall–Kier alpha value is -0.200. The molecule has 3 rings (SSSR count). The van der Waals surface area contributed by atoms with Crippen molar-refractivity contribution in [2.24, 2.45) is 0 Å². The van der Waals surface area contributed by atoms with E-state index in [2.05, 4.69) is 0 Å². The highest BCUT2D eigenvalue weighted by molar-refractivity contribution is 4.85. The molecule has 3 aliphatic rings. The fraction of sp³-hybridized carbons (Fsp3) is 1.00. The van der Waals surface area contributed by atoms with Crippen LogP contribution < -0.4 is 0 Å². The summed E-state index contributed by atoms with van der Waals surface area (Å²) in [6, 6.07) is 0. The van der Waals surface area contributed by atoms with E-state index in [1.54, 1.807) is 0 Å². The van der Waals surface area contributed by atoms with Gasteiger partial charge in [-0.25, -0.2) is 0 Å². The molecule has 0 aromatic heterocycles. The van der Waals surface area contributed by atoms with Crippen molar-refractivity contribution in [3.8, 4) is 0 Å². The molecule has 3 fully saturated rings.